The molecule has 0 aromatic rings. The molecule has 0 unspecified atom stereocenters. The average molecular weight is 168 g/mol. The van der Waals surface area contributed by atoms with Gasteiger partial charge in [0.15, 0.2) is 0 Å². The second-order valence-corrected chi connectivity index (χ2v) is 2.71. The van der Waals surface area contributed by atoms with Gasteiger partial charge in [-0.25, -0.2) is 0 Å². The largest absolute Gasteiger partial charge is 0.355 e. The summed E-state index contributed by atoms with van der Waals surface area (Å²) in [5.74, 6) is 0.193. The van der Waals surface area contributed by atoms with Gasteiger partial charge in [-0.15, -0.1) is 0 Å². The minimum Gasteiger partial charge on any atom is -0.355 e. The first-order valence-corrected chi connectivity index (χ1v) is 4.40. The molecule has 0 atom stereocenters. The molecule has 0 aliphatic rings. The van der Waals surface area contributed by atoms with Crippen LogP contribution in [0, 0.1) is 17.2 Å². The molecule has 68 valence electrons. The first-order valence-electron chi connectivity index (χ1n) is 4.40. The Morgan fingerprint density at radius 3 is 2.50 bits per heavy atom. The molecule has 0 bridgehead atoms. The van der Waals surface area contributed by atoms with Gasteiger partial charge < -0.3 is 5.32 Å². The molecular weight excluding hydrogens is 152 g/mol. The summed E-state index contributed by atoms with van der Waals surface area (Å²) in [4.78, 5) is 11.3. The normalized spacial score (nSPS) is 9.50. The molecule has 0 aromatic heterocycles. The van der Waals surface area contributed by atoms with Crippen molar-refractivity contribution >= 4 is 5.91 Å². The molecule has 0 aliphatic carbocycles. The van der Waals surface area contributed by atoms with E-state index in [1.807, 2.05) is 19.9 Å². The number of nitrogens with one attached hydrogen (secondary N) is 1. The van der Waals surface area contributed by atoms with Crippen molar-refractivity contribution < 1.29 is 4.79 Å². The van der Waals surface area contributed by atoms with E-state index < -0.39 is 0 Å². The second-order valence-electron chi connectivity index (χ2n) is 2.71. The monoisotopic (exact) mass is 168 g/mol. The first kappa shape index (κ1) is 11.0. The van der Waals surface area contributed by atoms with Crippen LogP contribution in [0.5, 0.6) is 0 Å². The molecule has 1 N–H and O–H groups in total. The summed E-state index contributed by atoms with van der Waals surface area (Å²) >= 11 is 0. The van der Waals surface area contributed by atoms with Gasteiger partial charge in [-0.3, -0.25) is 4.79 Å². The summed E-state index contributed by atoms with van der Waals surface area (Å²) in [5, 5.41) is 11.0. The highest BCUT2D eigenvalue weighted by molar-refractivity contribution is 5.78. The summed E-state index contributed by atoms with van der Waals surface area (Å²) in [6.45, 7) is 4.47. The molecule has 0 aromatic carbocycles. The van der Waals surface area contributed by atoms with Crippen LogP contribution in [0.1, 0.15) is 33.1 Å². The zero-order valence-electron chi connectivity index (χ0n) is 7.76. The van der Waals surface area contributed by atoms with E-state index in [-0.39, 0.29) is 11.8 Å². The van der Waals surface area contributed by atoms with Crippen LogP contribution < -0.4 is 5.32 Å². The molecule has 1 amide bonds. The molecule has 0 saturated carbocycles. The van der Waals surface area contributed by atoms with E-state index in [4.69, 9.17) is 5.26 Å². The van der Waals surface area contributed by atoms with Crippen LogP contribution in [-0.2, 0) is 4.79 Å². The van der Waals surface area contributed by atoms with Crippen molar-refractivity contribution in [1.82, 2.24) is 5.32 Å². The van der Waals surface area contributed by atoms with Crippen LogP contribution in [0.25, 0.3) is 0 Å². The van der Waals surface area contributed by atoms with Crippen molar-refractivity contribution in [2.24, 2.45) is 5.92 Å². The molecule has 0 heterocycles. The summed E-state index contributed by atoms with van der Waals surface area (Å²) in [6, 6.07) is 1.98. The summed E-state index contributed by atoms with van der Waals surface area (Å²) in [6.07, 6.45) is 2.13. The van der Waals surface area contributed by atoms with E-state index >= 15 is 0 Å². The number of nitriles is 1. The summed E-state index contributed by atoms with van der Waals surface area (Å²) in [7, 11) is 0. The van der Waals surface area contributed by atoms with Crippen molar-refractivity contribution in [1.29, 1.82) is 5.26 Å². The number of carbonyl (C=O) groups is 1. The molecule has 0 fully saturated rings. The highest BCUT2D eigenvalue weighted by Gasteiger charge is 2.12. The second kappa shape index (κ2) is 6.66. The van der Waals surface area contributed by atoms with Gasteiger partial charge in [0, 0.05) is 12.5 Å². The SMILES string of the molecule is CCC(CC)C(=O)NCCC#N. The number of nitrogens with zero attached hydrogens (tertiary/aromatic N) is 1. The number of rotatable bonds is 5. The molecule has 3 heteroatoms. The Morgan fingerprint density at radius 1 is 1.50 bits per heavy atom. The van der Waals surface area contributed by atoms with E-state index in [9.17, 15) is 4.79 Å². The molecule has 0 radical (unpaired) electrons. The van der Waals surface area contributed by atoms with Gasteiger partial charge in [-0.05, 0) is 12.8 Å². The highest BCUT2D eigenvalue weighted by Crippen LogP contribution is 2.06. The Morgan fingerprint density at radius 2 is 2.08 bits per heavy atom. The van der Waals surface area contributed by atoms with Crippen LogP contribution in [0.4, 0.5) is 0 Å². The van der Waals surface area contributed by atoms with E-state index in [1.165, 1.54) is 0 Å². The number of amides is 1. The molecule has 0 saturated heterocycles. The smallest absolute Gasteiger partial charge is 0.223 e. The predicted molar refractivity (Wildman–Crippen MR) is 47.3 cm³/mol. The maximum absolute atomic E-state index is 11.3. The predicted octanol–water partition coefficient (Wildman–Crippen LogP) is 1.45. The molecule has 0 aliphatic heterocycles. The van der Waals surface area contributed by atoms with Gasteiger partial charge in [0.2, 0.25) is 5.91 Å². The van der Waals surface area contributed by atoms with E-state index in [1.54, 1.807) is 0 Å². The number of carbonyl (C=O) groups excluding carboxylic acids is 1. The quantitative estimate of drug-likeness (QED) is 0.632. The van der Waals surface area contributed by atoms with Crippen molar-refractivity contribution in [2.75, 3.05) is 6.54 Å². The highest BCUT2D eigenvalue weighted by atomic mass is 16.1. The third kappa shape index (κ3) is 3.97. The van der Waals surface area contributed by atoms with Crippen molar-refractivity contribution in [3.63, 3.8) is 0 Å². The van der Waals surface area contributed by atoms with Gasteiger partial charge in [0.1, 0.15) is 0 Å². The maximum atomic E-state index is 11.3. The van der Waals surface area contributed by atoms with Gasteiger partial charge >= 0.3 is 0 Å². The minimum atomic E-state index is 0.0789. The van der Waals surface area contributed by atoms with Crippen LogP contribution in [0.3, 0.4) is 0 Å². The Kier molecular flexibility index (Phi) is 6.08. The van der Waals surface area contributed by atoms with Gasteiger partial charge in [0.05, 0.1) is 12.5 Å². The van der Waals surface area contributed by atoms with Crippen molar-refractivity contribution in [3.05, 3.63) is 0 Å². The Balaban J connectivity index is 3.63. The fourth-order valence-electron chi connectivity index (χ4n) is 1.05. The van der Waals surface area contributed by atoms with E-state index in [0.717, 1.165) is 12.8 Å². The zero-order valence-corrected chi connectivity index (χ0v) is 7.76. The Hall–Kier alpha value is -1.04. The molecule has 12 heavy (non-hydrogen) atoms. The lowest BCUT2D eigenvalue weighted by Gasteiger charge is -2.11. The fourth-order valence-corrected chi connectivity index (χ4v) is 1.05. The first-order chi connectivity index (χ1) is 5.76. The zero-order chi connectivity index (χ0) is 9.40. The van der Waals surface area contributed by atoms with Gasteiger partial charge in [-0.2, -0.15) is 5.26 Å². The van der Waals surface area contributed by atoms with Gasteiger partial charge in [0.25, 0.3) is 0 Å². The number of hydrogen-bond acceptors (Lipinski definition) is 2. The summed E-state index contributed by atoms with van der Waals surface area (Å²) in [5.41, 5.74) is 0. The van der Waals surface area contributed by atoms with Crippen LogP contribution in [0.15, 0.2) is 0 Å². The molecule has 0 spiro atoms. The van der Waals surface area contributed by atoms with Crippen LogP contribution in [0.2, 0.25) is 0 Å². The summed E-state index contributed by atoms with van der Waals surface area (Å²) < 4.78 is 0. The number of hydrogen-bond donors (Lipinski definition) is 1. The lowest BCUT2D eigenvalue weighted by molar-refractivity contribution is -0.125. The Bertz CT molecular complexity index is 168. The van der Waals surface area contributed by atoms with Gasteiger partial charge in [-0.1, -0.05) is 13.8 Å². The minimum absolute atomic E-state index is 0.0789. The van der Waals surface area contributed by atoms with E-state index in [0.29, 0.717) is 13.0 Å². The molecule has 3 nitrogen and oxygen atoms in total. The van der Waals surface area contributed by atoms with Crippen molar-refractivity contribution in [2.45, 2.75) is 33.1 Å². The Labute approximate surface area is 73.8 Å². The topological polar surface area (TPSA) is 52.9 Å². The maximum Gasteiger partial charge on any atom is 0.223 e. The van der Waals surface area contributed by atoms with Crippen LogP contribution in [-0.4, -0.2) is 12.5 Å². The van der Waals surface area contributed by atoms with E-state index in [2.05, 4.69) is 5.32 Å². The van der Waals surface area contributed by atoms with Crippen LogP contribution >= 0.6 is 0 Å². The third-order valence-electron chi connectivity index (χ3n) is 1.89. The fraction of sp³-hybridized carbons (Fsp3) is 0.778. The third-order valence-corrected chi connectivity index (χ3v) is 1.89. The lowest BCUT2D eigenvalue weighted by Crippen LogP contribution is -2.30. The standard InChI is InChI=1S/C9H16N2O/c1-3-8(4-2)9(12)11-7-5-6-10/h8H,3-5,7H2,1-2H3,(H,11,12). The lowest BCUT2D eigenvalue weighted by atomic mass is 10.0. The molecule has 0 rings (SSSR count). The average Bonchev–Trinajstić information content (AvgIpc) is 2.07. The molecular formula is C9H16N2O. The van der Waals surface area contributed by atoms with Crippen molar-refractivity contribution in [3.8, 4) is 6.07 Å².